The van der Waals surface area contributed by atoms with Crippen LogP contribution in [0.4, 0.5) is 18.9 Å². The lowest BCUT2D eigenvalue weighted by Crippen LogP contribution is -2.42. The van der Waals surface area contributed by atoms with Gasteiger partial charge in [-0.05, 0) is 88.3 Å². The summed E-state index contributed by atoms with van der Waals surface area (Å²) in [7, 11) is 0. The summed E-state index contributed by atoms with van der Waals surface area (Å²) in [4.78, 5) is 31.6. The van der Waals surface area contributed by atoms with Gasteiger partial charge in [0.15, 0.2) is 0 Å². The molecular formula is C30H33F3N2O4S. The number of ether oxygens (including phenoxy) is 1. The normalized spacial score (nSPS) is 17.6. The smallest absolute Gasteiger partial charge is 0.419 e. The van der Waals surface area contributed by atoms with Gasteiger partial charge in [0.2, 0.25) is 5.91 Å². The number of aryl methyl sites for hydroxylation is 1. The average Bonchev–Trinajstić information content (AvgIpc) is 3.29. The van der Waals surface area contributed by atoms with E-state index in [1.54, 1.807) is 0 Å². The minimum atomic E-state index is -4.70. The maximum Gasteiger partial charge on any atom is 0.419 e. The molecule has 0 radical (unpaired) electrons. The molecule has 4 rings (SSSR count). The van der Waals surface area contributed by atoms with Gasteiger partial charge in [-0.2, -0.15) is 13.2 Å². The van der Waals surface area contributed by atoms with Crippen LogP contribution in [0, 0.1) is 18.8 Å². The minimum absolute atomic E-state index is 0.0721. The van der Waals surface area contributed by atoms with Crippen LogP contribution in [0.15, 0.2) is 41.8 Å². The van der Waals surface area contributed by atoms with Crippen LogP contribution >= 0.6 is 11.3 Å². The fourth-order valence-corrected chi connectivity index (χ4v) is 5.75. The van der Waals surface area contributed by atoms with Crippen molar-refractivity contribution < 1.29 is 32.6 Å². The first kappa shape index (κ1) is 29.6. The lowest BCUT2D eigenvalue weighted by molar-refractivity contribution is -0.138. The van der Waals surface area contributed by atoms with Crippen molar-refractivity contribution >= 4 is 28.9 Å². The van der Waals surface area contributed by atoms with E-state index in [-0.39, 0.29) is 41.3 Å². The molecule has 0 atom stereocenters. The number of carbonyl (C=O) groups excluding carboxylic acids is 1. The number of carboxylic acid groups (broad SMARTS) is 1. The fourth-order valence-electron chi connectivity index (χ4n) is 5.14. The van der Waals surface area contributed by atoms with E-state index in [0.29, 0.717) is 17.2 Å². The molecule has 1 aliphatic rings. The lowest BCUT2D eigenvalue weighted by atomic mass is 9.82. The van der Waals surface area contributed by atoms with E-state index in [0.717, 1.165) is 36.8 Å². The predicted molar refractivity (Wildman–Crippen MR) is 148 cm³/mol. The Morgan fingerprint density at radius 2 is 1.82 bits per heavy atom. The number of aromatic carboxylic acids is 1. The maximum absolute atomic E-state index is 14.0. The fraction of sp³-hybridized carbons (Fsp3) is 0.433. The average molecular weight is 575 g/mol. The van der Waals surface area contributed by atoms with E-state index in [1.807, 2.05) is 26.2 Å². The van der Waals surface area contributed by atoms with Crippen LogP contribution in [0.1, 0.15) is 78.6 Å². The van der Waals surface area contributed by atoms with Crippen molar-refractivity contribution in [1.29, 1.82) is 0 Å². The molecule has 1 heterocycles. The number of alkyl halides is 3. The predicted octanol–water partition coefficient (Wildman–Crippen LogP) is 8.12. The van der Waals surface area contributed by atoms with Crippen LogP contribution in [-0.2, 0) is 17.4 Å². The molecule has 6 nitrogen and oxygen atoms in total. The van der Waals surface area contributed by atoms with E-state index in [1.165, 1.54) is 46.6 Å². The number of aromatic nitrogens is 1. The topological polar surface area (TPSA) is 79.7 Å². The quantitative estimate of drug-likeness (QED) is 0.294. The Morgan fingerprint density at radius 1 is 1.12 bits per heavy atom. The third-order valence-corrected chi connectivity index (χ3v) is 8.03. The van der Waals surface area contributed by atoms with Crippen molar-refractivity contribution in [2.75, 3.05) is 4.90 Å². The maximum atomic E-state index is 14.0. The first-order valence-corrected chi connectivity index (χ1v) is 14.2. The number of anilines is 1. The summed E-state index contributed by atoms with van der Waals surface area (Å²) in [6, 6.07) is 7.50. The van der Waals surface area contributed by atoms with Gasteiger partial charge in [-0.1, -0.05) is 13.0 Å². The van der Waals surface area contributed by atoms with Gasteiger partial charge >= 0.3 is 12.1 Å². The molecule has 3 aromatic rings. The number of amides is 1. The number of halogens is 3. The minimum Gasteiger partial charge on any atom is -0.478 e. The molecule has 2 aromatic carbocycles. The Kier molecular flexibility index (Phi) is 8.87. The van der Waals surface area contributed by atoms with Gasteiger partial charge in [0.1, 0.15) is 11.5 Å². The Balaban J connectivity index is 1.64. The zero-order valence-corrected chi connectivity index (χ0v) is 23.7. The number of carboxylic acids is 1. The third kappa shape index (κ3) is 6.83. The first-order chi connectivity index (χ1) is 18.8. The Morgan fingerprint density at radius 3 is 2.40 bits per heavy atom. The van der Waals surface area contributed by atoms with Gasteiger partial charge in [0.05, 0.1) is 27.5 Å². The van der Waals surface area contributed by atoms with Gasteiger partial charge in [0, 0.05) is 23.8 Å². The van der Waals surface area contributed by atoms with Crippen LogP contribution in [0.5, 0.6) is 11.5 Å². The highest BCUT2D eigenvalue weighted by molar-refractivity contribution is 7.09. The van der Waals surface area contributed by atoms with Crippen molar-refractivity contribution in [2.24, 2.45) is 11.8 Å². The Labute approximate surface area is 235 Å². The summed E-state index contributed by atoms with van der Waals surface area (Å²) in [5.41, 5.74) is 0.118. The zero-order valence-electron chi connectivity index (χ0n) is 22.9. The van der Waals surface area contributed by atoms with Gasteiger partial charge in [-0.3, -0.25) is 4.79 Å². The SMILES string of the molecule is Cc1nc(Cc2ccc(Oc3ccc(N(C(=O)C4CCC(C)CC4)C(C)C)c(C(=O)O)c3)c(C(F)(F)F)c2)cs1. The van der Waals surface area contributed by atoms with E-state index in [2.05, 4.69) is 11.9 Å². The molecule has 1 amide bonds. The van der Waals surface area contributed by atoms with Crippen molar-refractivity contribution in [3.63, 3.8) is 0 Å². The van der Waals surface area contributed by atoms with Crippen LogP contribution in [0.25, 0.3) is 0 Å². The molecule has 0 saturated heterocycles. The second-order valence-electron chi connectivity index (χ2n) is 10.7. The molecule has 0 spiro atoms. The molecule has 0 bridgehead atoms. The van der Waals surface area contributed by atoms with Crippen molar-refractivity contribution in [3.05, 3.63) is 69.2 Å². The highest BCUT2D eigenvalue weighted by Crippen LogP contribution is 2.40. The van der Waals surface area contributed by atoms with Crippen molar-refractivity contribution in [1.82, 2.24) is 4.98 Å². The summed E-state index contributed by atoms with van der Waals surface area (Å²) in [6.07, 6.45) is -1.10. The molecule has 1 saturated carbocycles. The standard InChI is InChI=1S/C30H33F3N2O4S/c1-17(2)35(28(36)21-8-5-18(3)6-9-21)26-11-10-23(15-24(26)29(37)38)39-27-12-7-20(14-25(27)30(31,32)33)13-22-16-40-19(4)34-22/h7,10-12,14-18,21H,5-6,8-9,13H2,1-4H3,(H,37,38). The highest BCUT2D eigenvalue weighted by atomic mass is 32.1. The number of rotatable bonds is 8. The zero-order chi connectivity index (χ0) is 29.2. The lowest BCUT2D eigenvalue weighted by Gasteiger charge is -2.34. The number of hydrogen-bond acceptors (Lipinski definition) is 5. The molecule has 1 aliphatic carbocycles. The Bertz CT molecular complexity index is 1380. The molecule has 1 N–H and O–H groups in total. The summed E-state index contributed by atoms with van der Waals surface area (Å²) in [5.74, 6) is -1.60. The van der Waals surface area contributed by atoms with E-state index in [4.69, 9.17) is 4.74 Å². The summed E-state index contributed by atoms with van der Waals surface area (Å²) in [6.45, 7) is 7.60. The largest absolute Gasteiger partial charge is 0.478 e. The van der Waals surface area contributed by atoms with E-state index in [9.17, 15) is 27.9 Å². The summed E-state index contributed by atoms with van der Waals surface area (Å²) < 4.78 is 47.6. The van der Waals surface area contributed by atoms with Crippen LogP contribution in [-0.4, -0.2) is 28.0 Å². The Hall–Kier alpha value is -3.40. The van der Waals surface area contributed by atoms with Gasteiger partial charge in [-0.25, -0.2) is 9.78 Å². The van der Waals surface area contributed by atoms with Crippen molar-refractivity contribution in [2.45, 2.75) is 72.0 Å². The highest BCUT2D eigenvalue weighted by Gasteiger charge is 2.36. The number of hydrogen-bond donors (Lipinski definition) is 1. The number of nitrogens with zero attached hydrogens (tertiary/aromatic N) is 2. The van der Waals surface area contributed by atoms with Crippen LogP contribution in [0.2, 0.25) is 0 Å². The molecule has 214 valence electrons. The summed E-state index contributed by atoms with van der Waals surface area (Å²) >= 11 is 1.43. The second-order valence-corrected chi connectivity index (χ2v) is 11.8. The van der Waals surface area contributed by atoms with Crippen molar-refractivity contribution in [3.8, 4) is 11.5 Å². The number of carbonyl (C=O) groups is 2. The van der Waals surface area contributed by atoms with E-state index >= 15 is 0 Å². The molecule has 10 heteroatoms. The molecule has 40 heavy (non-hydrogen) atoms. The van der Waals surface area contributed by atoms with Crippen LogP contribution < -0.4 is 9.64 Å². The molecule has 1 aromatic heterocycles. The summed E-state index contributed by atoms with van der Waals surface area (Å²) in [5, 5.41) is 12.6. The molecule has 1 fully saturated rings. The second kappa shape index (κ2) is 12.0. The molecule has 0 unspecified atom stereocenters. The first-order valence-electron chi connectivity index (χ1n) is 13.3. The molecular weight excluding hydrogens is 541 g/mol. The monoisotopic (exact) mass is 574 g/mol. The van der Waals surface area contributed by atoms with Gasteiger partial charge in [0.25, 0.3) is 0 Å². The number of benzene rings is 2. The molecule has 0 aliphatic heterocycles. The van der Waals surface area contributed by atoms with E-state index < -0.39 is 23.5 Å². The van der Waals surface area contributed by atoms with Gasteiger partial charge in [-0.15, -0.1) is 11.3 Å². The van der Waals surface area contributed by atoms with Crippen LogP contribution in [0.3, 0.4) is 0 Å². The third-order valence-electron chi connectivity index (χ3n) is 7.21. The van der Waals surface area contributed by atoms with Gasteiger partial charge < -0.3 is 14.7 Å². The number of thiazole rings is 1.